The molecule has 1 amide bonds. The van der Waals surface area contributed by atoms with Crippen LogP contribution in [-0.4, -0.2) is 21.5 Å². The second kappa shape index (κ2) is 8.08. The summed E-state index contributed by atoms with van der Waals surface area (Å²) in [6.45, 7) is 0. The lowest BCUT2D eigenvalue weighted by Crippen LogP contribution is -2.30. The zero-order valence-corrected chi connectivity index (χ0v) is 17.7. The van der Waals surface area contributed by atoms with Crippen molar-refractivity contribution in [2.24, 2.45) is 0 Å². The van der Waals surface area contributed by atoms with Gasteiger partial charge in [-0.2, -0.15) is 0 Å². The zero-order valence-electron chi connectivity index (χ0n) is 16.0. The number of para-hydroxylation sites is 1. The van der Waals surface area contributed by atoms with E-state index in [2.05, 4.69) is 5.32 Å². The topological polar surface area (TPSA) is 64.0 Å². The summed E-state index contributed by atoms with van der Waals surface area (Å²) in [5.41, 5.74) is 1.50. The number of nitrogens with zero attached hydrogens (tertiary/aromatic N) is 2. The van der Waals surface area contributed by atoms with E-state index >= 15 is 0 Å². The van der Waals surface area contributed by atoms with Crippen LogP contribution in [0.2, 0.25) is 0 Å². The van der Waals surface area contributed by atoms with Gasteiger partial charge in [-0.3, -0.25) is 14.2 Å². The predicted molar refractivity (Wildman–Crippen MR) is 121 cm³/mol. The van der Waals surface area contributed by atoms with E-state index < -0.39 is 5.25 Å². The molecule has 0 saturated heterocycles. The molecular weight excluding hydrogens is 414 g/mol. The number of rotatable bonds is 6. The van der Waals surface area contributed by atoms with Gasteiger partial charge >= 0.3 is 0 Å². The van der Waals surface area contributed by atoms with Crippen molar-refractivity contribution in [2.45, 2.75) is 29.3 Å². The van der Waals surface area contributed by atoms with E-state index in [4.69, 9.17) is 4.98 Å². The number of hydrogen-bond donors (Lipinski definition) is 1. The van der Waals surface area contributed by atoms with Crippen molar-refractivity contribution in [1.29, 1.82) is 0 Å². The quantitative estimate of drug-likeness (QED) is 0.358. The van der Waals surface area contributed by atoms with Crippen LogP contribution in [0.1, 0.15) is 23.7 Å². The Balaban J connectivity index is 1.63. The normalized spacial score (nSPS) is 14.5. The number of hydrogen-bond acceptors (Lipinski definition) is 5. The maximum absolute atomic E-state index is 13.3. The van der Waals surface area contributed by atoms with Crippen LogP contribution >= 0.6 is 23.1 Å². The van der Waals surface area contributed by atoms with Crippen LogP contribution in [0.25, 0.3) is 15.9 Å². The molecule has 0 aliphatic heterocycles. The molecule has 1 fully saturated rings. The second-order valence-corrected chi connectivity index (χ2v) is 9.17. The van der Waals surface area contributed by atoms with Crippen molar-refractivity contribution in [1.82, 2.24) is 14.9 Å². The molecule has 0 spiro atoms. The van der Waals surface area contributed by atoms with Gasteiger partial charge in [0.15, 0.2) is 5.16 Å². The maximum atomic E-state index is 13.3. The summed E-state index contributed by atoms with van der Waals surface area (Å²) in [7, 11) is 0. The molecule has 0 bridgehead atoms. The number of benzene rings is 2. The van der Waals surface area contributed by atoms with Gasteiger partial charge in [0.05, 0.1) is 11.1 Å². The van der Waals surface area contributed by atoms with E-state index in [0.29, 0.717) is 15.4 Å². The molecule has 1 aliphatic rings. The summed E-state index contributed by atoms with van der Waals surface area (Å²) in [5, 5.41) is 5.59. The average Bonchev–Trinajstić information content (AvgIpc) is 3.46. The molecule has 1 atom stereocenters. The minimum Gasteiger partial charge on any atom is -0.352 e. The van der Waals surface area contributed by atoms with Crippen LogP contribution in [0.15, 0.2) is 82.1 Å². The molecule has 5 rings (SSSR count). The molecule has 150 valence electrons. The Morgan fingerprint density at radius 3 is 2.47 bits per heavy atom. The highest BCUT2D eigenvalue weighted by Gasteiger charge is 2.30. The van der Waals surface area contributed by atoms with Crippen molar-refractivity contribution in [3.8, 4) is 5.69 Å². The third-order valence-corrected chi connectivity index (χ3v) is 6.98. The molecule has 1 saturated carbocycles. The highest BCUT2D eigenvalue weighted by Crippen LogP contribution is 2.37. The number of thioether (sulfide) groups is 1. The average molecular weight is 434 g/mol. The number of thiophene rings is 1. The van der Waals surface area contributed by atoms with Gasteiger partial charge in [0, 0.05) is 6.04 Å². The number of carbonyl (C=O) groups excluding carboxylic acids is 1. The van der Waals surface area contributed by atoms with E-state index in [-0.39, 0.29) is 17.5 Å². The summed E-state index contributed by atoms with van der Waals surface area (Å²) >= 11 is 2.75. The highest BCUT2D eigenvalue weighted by molar-refractivity contribution is 8.00. The van der Waals surface area contributed by atoms with E-state index in [1.165, 1.54) is 23.1 Å². The standard InChI is InChI=1S/C23H19N3O2S2/c27-20(24-16-11-12-16)19(15-7-3-1-4-8-15)30-23-25-21-18(13-14-29-21)22(28)26(23)17-9-5-2-6-10-17/h1-10,13-14,16,19H,11-12H2,(H,24,27). The second-order valence-electron chi connectivity index (χ2n) is 7.20. The van der Waals surface area contributed by atoms with Gasteiger partial charge in [0.2, 0.25) is 5.91 Å². The molecule has 1 aliphatic carbocycles. The van der Waals surface area contributed by atoms with Gasteiger partial charge in [0.25, 0.3) is 5.56 Å². The van der Waals surface area contributed by atoms with Crippen molar-refractivity contribution in [2.75, 3.05) is 0 Å². The van der Waals surface area contributed by atoms with Crippen LogP contribution in [0.5, 0.6) is 0 Å². The Kier molecular flexibility index (Phi) is 5.14. The van der Waals surface area contributed by atoms with E-state index in [9.17, 15) is 9.59 Å². The molecule has 2 aromatic heterocycles. The molecule has 1 unspecified atom stereocenters. The van der Waals surface area contributed by atoms with Gasteiger partial charge in [-0.25, -0.2) is 4.98 Å². The molecule has 5 nitrogen and oxygen atoms in total. The van der Waals surface area contributed by atoms with Crippen LogP contribution in [0, 0.1) is 0 Å². The molecule has 2 heterocycles. The number of carbonyl (C=O) groups is 1. The molecule has 1 N–H and O–H groups in total. The Labute approximate surface area is 181 Å². The third kappa shape index (κ3) is 3.78. The number of aromatic nitrogens is 2. The van der Waals surface area contributed by atoms with Gasteiger partial charge in [-0.15, -0.1) is 11.3 Å². The first-order valence-electron chi connectivity index (χ1n) is 9.78. The van der Waals surface area contributed by atoms with E-state index in [0.717, 1.165) is 24.1 Å². The van der Waals surface area contributed by atoms with Gasteiger partial charge in [-0.05, 0) is 42.0 Å². The fraction of sp³-hybridized carbons (Fsp3) is 0.174. The summed E-state index contributed by atoms with van der Waals surface area (Å²) in [4.78, 5) is 31.9. The Morgan fingerprint density at radius 2 is 1.77 bits per heavy atom. The zero-order chi connectivity index (χ0) is 20.5. The van der Waals surface area contributed by atoms with Crippen LogP contribution < -0.4 is 10.9 Å². The number of fused-ring (bicyclic) bond motifs is 1. The highest BCUT2D eigenvalue weighted by atomic mass is 32.2. The van der Waals surface area contributed by atoms with Crippen LogP contribution in [0.4, 0.5) is 0 Å². The number of nitrogens with one attached hydrogen (secondary N) is 1. The van der Waals surface area contributed by atoms with Crippen molar-refractivity contribution in [3.63, 3.8) is 0 Å². The molecule has 7 heteroatoms. The minimum absolute atomic E-state index is 0.0474. The Hall–Kier alpha value is -2.90. The van der Waals surface area contributed by atoms with Crippen molar-refractivity contribution < 1.29 is 4.79 Å². The van der Waals surface area contributed by atoms with Crippen molar-refractivity contribution in [3.05, 3.63) is 88.0 Å². The van der Waals surface area contributed by atoms with Crippen molar-refractivity contribution >= 4 is 39.2 Å². The largest absolute Gasteiger partial charge is 0.352 e. The Bertz CT molecular complexity index is 1250. The van der Waals surface area contributed by atoms with E-state index in [1.54, 1.807) is 10.6 Å². The fourth-order valence-corrected chi connectivity index (χ4v) is 5.22. The maximum Gasteiger partial charge on any atom is 0.267 e. The van der Waals surface area contributed by atoms with Gasteiger partial charge < -0.3 is 5.32 Å². The first-order valence-corrected chi connectivity index (χ1v) is 11.5. The Morgan fingerprint density at radius 1 is 1.07 bits per heavy atom. The first kappa shape index (κ1) is 19.1. The monoisotopic (exact) mass is 433 g/mol. The van der Waals surface area contributed by atoms with Crippen LogP contribution in [-0.2, 0) is 4.79 Å². The predicted octanol–water partition coefficient (Wildman–Crippen LogP) is 4.56. The summed E-state index contributed by atoms with van der Waals surface area (Å²) in [5.74, 6) is -0.0474. The lowest BCUT2D eigenvalue weighted by Gasteiger charge is -2.19. The molecular formula is C23H19N3O2S2. The summed E-state index contributed by atoms with van der Waals surface area (Å²) in [6, 6.07) is 21.2. The lowest BCUT2D eigenvalue weighted by atomic mass is 10.1. The fourth-order valence-electron chi connectivity index (χ4n) is 3.29. The first-order chi connectivity index (χ1) is 14.7. The summed E-state index contributed by atoms with van der Waals surface area (Å²) in [6.07, 6.45) is 2.04. The lowest BCUT2D eigenvalue weighted by molar-refractivity contribution is -0.120. The smallest absolute Gasteiger partial charge is 0.267 e. The van der Waals surface area contributed by atoms with Crippen LogP contribution in [0.3, 0.4) is 0 Å². The van der Waals surface area contributed by atoms with Gasteiger partial charge in [0.1, 0.15) is 10.1 Å². The summed E-state index contributed by atoms with van der Waals surface area (Å²) < 4.78 is 1.61. The number of amides is 1. The minimum atomic E-state index is -0.494. The van der Waals surface area contributed by atoms with E-state index in [1.807, 2.05) is 66.0 Å². The SMILES string of the molecule is O=C(NC1CC1)C(Sc1nc2sccc2c(=O)n1-c1ccccc1)c1ccccc1. The molecule has 2 aromatic carbocycles. The van der Waals surface area contributed by atoms with Gasteiger partial charge in [-0.1, -0.05) is 60.3 Å². The molecule has 0 radical (unpaired) electrons. The molecule has 4 aromatic rings. The molecule has 30 heavy (non-hydrogen) atoms. The third-order valence-electron chi connectivity index (χ3n) is 4.97.